The third-order valence-corrected chi connectivity index (χ3v) is 2.44. The van der Waals surface area contributed by atoms with E-state index in [0.29, 0.717) is 16.1 Å². The molecule has 2 aromatic rings. The molecule has 0 aliphatic rings. The fourth-order valence-corrected chi connectivity index (χ4v) is 1.43. The SMILES string of the molecule is Cc1cc2[nH]c(C(F)(F)F)nc2cc1Cl. The molecule has 0 bridgehead atoms. The third-order valence-electron chi connectivity index (χ3n) is 2.03. The van der Waals surface area contributed by atoms with Crippen LogP contribution in [0.5, 0.6) is 0 Å². The maximum absolute atomic E-state index is 12.3. The van der Waals surface area contributed by atoms with E-state index < -0.39 is 12.0 Å². The van der Waals surface area contributed by atoms with Crippen LogP contribution in [-0.2, 0) is 6.18 Å². The molecule has 80 valence electrons. The van der Waals surface area contributed by atoms with Crippen LogP contribution in [0, 0.1) is 6.92 Å². The van der Waals surface area contributed by atoms with Crippen molar-refractivity contribution < 1.29 is 13.2 Å². The lowest BCUT2D eigenvalue weighted by molar-refractivity contribution is -0.144. The number of H-pyrrole nitrogens is 1. The Kier molecular flexibility index (Phi) is 2.15. The van der Waals surface area contributed by atoms with Crippen molar-refractivity contribution in [2.75, 3.05) is 0 Å². The van der Waals surface area contributed by atoms with Crippen molar-refractivity contribution in [1.29, 1.82) is 0 Å². The zero-order valence-electron chi connectivity index (χ0n) is 7.61. The minimum absolute atomic E-state index is 0.220. The number of aryl methyl sites for hydroxylation is 1. The number of nitrogens with zero attached hydrogens (tertiary/aromatic N) is 1. The molecule has 0 radical (unpaired) electrons. The van der Waals surface area contributed by atoms with Gasteiger partial charge in [-0.25, -0.2) is 4.98 Å². The van der Waals surface area contributed by atoms with E-state index >= 15 is 0 Å². The van der Waals surface area contributed by atoms with Gasteiger partial charge in [0.25, 0.3) is 0 Å². The summed E-state index contributed by atoms with van der Waals surface area (Å²) in [7, 11) is 0. The zero-order valence-corrected chi connectivity index (χ0v) is 8.37. The fraction of sp³-hybridized carbons (Fsp3) is 0.222. The third kappa shape index (κ3) is 1.79. The molecule has 0 saturated heterocycles. The molecule has 6 heteroatoms. The highest BCUT2D eigenvalue weighted by Crippen LogP contribution is 2.30. The smallest absolute Gasteiger partial charge is 0.334 e. The Balaban J connectivity index is 2.66. The molecule has 1 aromatic heterocycles. The monoisotopic (exact) mass is 234 g/mol. The summed E-state index contributed by atoms with van der Waals surface area (Å²) in [6, 6.07) is 2.96. The number of benzene rings is 1. The number of aromatic amines is 1. The summed E-state index contributed by atoms with van der Waals surface area (Å²) < 4.78 is 36.9. The molecule has 0 aliphatic heterocycles. The number of nitrogens with one attached hydrogen (secondary N) is 1. The summed E-state index contributed by atoms with van der Waals surface area (Å²) in [6.45, 7) is 1.72. The molecule has 1 N–H and O–H groups in total. The lowest BCUT2D eigenvalue weighted by Crippen LogP contribution is -2.06. The highest BCUT2D eigenvalue weighted by molar-refractivity contribution is 6.32. The van der Waals surface area contributed by atoms with Gasteiger partial charge in [-0.2, -0.15) is 13.2 Å². The number of hydrogen-bond acceptors (Lipinski definition) is 1. The van der Waals surface area contributed by atoms with E-state index in [4.69, 9.17) is 11.6 Å². The van der Waals surface area contributed by atoms with E-state index in [2.05, 4.69) is 9.97 Å². The number of halogens is 4. The van der Waals surface area contributed by atoms with Gasteiger partial charge in [-0.1, -0.05) is 11.6 Å². The van der Waals surface area contributed by atoms with E-state index in [-0.39, 0.29) is 5.52 Å². The predicted molar refractivity (Wildman–Crippen MR) is 50.8 cm³/mol. The van der Waals surface area contributed by atoms with Gasteiger partial charge in [0.1, 0.15) is 0 Å². The first-order chi connectivity index (χ1) is 6.88. The quantitative estimate of drug-likeness (QED) is 0.742. The molecule has 1 heterocycles. The Morgan fingerprint density at radius 1 is 1.33 bits per heavy atom. The van der Waals surface area contributed by atoms with Crippen LogP contribution in [0.3, 0.4) is 0 Å². The van der Waals surface area contributed by atoms with Crippen LogP contribution >= 0.6 is 11.6 Å². The molecule has 0 unspecified atom stereocenters. The topological polar surface area (TPSA) is 28.7 Å². The molecule has 2 nitrogen and oxygen atoms in total. The van der Waals surface area contributed by atoms with Gasteiger partial charge in [-0.3, -0.25) is 0 Å². The van der Waals surface area contributed by atoms with Crippen LogP contribution in [-0.4, -0.2) is 9.97 Å². The van der Waals surface area contributed by atoms with Crippen LogP contribution in [0.4, 0.5) is 13.2 Å². The average Bonchev–Trinajstić information content (AvgIpc) is 2.47. The Hall–Kier alpha value is -1.23. The first-order valence-corrected chi connectivity index (χ1v) is 4.49. The fourth-order valence-electron chi connectivity index (χ4n) is 1.27. The number of hydrogen-bond donors (Lipinski definition) is 1. The standard InChI is InChI=1S/C9H6ClF3N2/c1-4-2-6-7(3-5(4)10)15-8(14-6)9(11,12)13/h2-3H,1H3,(H,14,15). The molecule has 0 atom stereocenters. The molecular formula is C9H6ClF3N2. The second-order valence-electron chi connectivity index (χ2n) is 3.20. The summed E-state index contributed by atoms with van der Waals surface area (Å²) in [4.78, 5) is 5.63. The van der Waals surface area contributed by atoms with Crippen molar-refractivity contribution in [3.63, 3.8) is 0 Å². The van der Waals surface area contributed by atoms with Crippen molar-refractivity contribution >= 4 is 22.6 Å². The Morgan fingerprint density at radius 3 is 2.60 bits per heavy atom. The van der Waals surface area contributed by atoms with Gasteiger partial charge in [0, 0.05) is 5.02 Å². The van der Waals surface area contributed by atoms with Crippen LogP contribution in [0.25, 0.3) is 11.0 Å². The van der Waals surface area contributed by atoms with Gasteiger partial charge < -0.3 is 4.98 Å². The van der Waals surface area contributed by atoms with Crippen molar-refractivity contribution in [3.05, 3.63) is 28.5 Å². The molecule has 0 aliphatic carbocycles. The molecule has 0 amide bonds. The van der Waals surface area contributed by atoms with E-state index in [9.17, 15) is 13.2 Å². The highest BCUT2D eigenvalue weighted by atomic mass is 35.5. The second kappa shape index (κ2) is 3.13. The minimum Gasteiger partial charge on any atom is -0.334 e. The summed E-state index contributed by atoms with van der Waals surface area (Å²) in [5.41, 5.74) is 1.27. The van der Waals surface area contributed by atoms with Crippen LogP contribution in [0.2, 0.25) is 5.02 Å². The minimum atomic E-state index is -4.46. The first-order valence-electron chi connectivity index (χ1n) is 4.11. The van der Waals surface area contributed by atoms with Crippen molar-refractivity contribution in [1.82, 2.24) is 9.97 Å². The maximum Gasteiger partial charge on any atom is 0.449 e. The number of imidazole rings is 1. The molecule has 0 saturated carbocycles. The first kappa shape index (κ1) is 10.3. The van der Waals surface area contributed by atoms with Gasteiger partial charge in [0.05, 0.1) is 11.0 Å². The van der Waals surface area contributed by atoms with Crippen LogP contribution in [0.15, 0.2) is 12.1 Å². The number of alkyl halides is 3. The highest BCUT2D eigenvalue weighted by Gasteiger charge is 2.34. The normalized spacial score (nSPS) is 12.3. The van der Waals surface area contributed by atoms with Gasteiger partial charge >= 0.3 is 6.18 Å². The van der Waals surface area contributed by atoms with E-state index in [1.165, 1.54) is 6.07 Å². The molecule has 15 heavy (non-hydrogen) atoms. The lowest BCUT2D eigenvalue weighted by Gasteiger charge is -1.98. The summed E-state index contributed by atoms with van der Waals surface area (Å²) >= 11 is 5.78. The summed E-state index contributed by atoms with van der Waals surface area (Å²) in [5, 5.41) is 0.405. The predicted octanol–water partition coefficient (Wildman–Crippen LogP) is 3.54. The Morgan fingerprint density at radius 2 is 2.00 bits per heavy atom. The van der Waals surface area contributed by atoms with E-state index in [0.717, 1.165) is 0 Å². The van der Waals surface area contributed by atoms with Crippen LogP contribution < -0.4 is 0 Å². The van der Waals surface area contributed by atoms with Gasteiger partial charge in [0.15, 0.2) is 0 Å². The second-order valence-corrected chi connectivity index (χ2v) is 3.61. The lowest BCUT2D eigenvalue weighted by atomic mass is 10.2. The van der Waals surface area contributed by atoms with Gasteiger partial charge in [0.2, 0.25) is 5.82 Å². The largest absolute Gasteiger partial charge is 0.449 e. The molecule has 2 rings (SSSR count). The summed E-state index contributed by atoms with van der Waals surface area (Å²) in [6.07, 6.45) is -4.46. The zero-order chi connectivity index (χ0) is 11.2. The maximum atomic E-state index is 12.3. The number of fused-ring (bicyclic) bond motifs is 1. The van der Waals surface area contributed by atoms with Crippen LogP contribution in [0.1, 0.15) is 11.4 Å². The summed E-state index contributed by atoms with van der Waals surface area (Å²) in [5.74, 6) is -1.00. The van der Waals surface area contributed by atoms with E-state index in [1.807, 2.05) is 0 Å². The Labute approximate surface area is 88.1 Å². The number of aromatic nitrogens is 2. The Bertz CT molecular complexity index is 477. The molecule has 1 aromatic carbocycles. The van der Waals surface area contributed by atoms with Crippen molar-refractivity contribution in [2.24, 2.45) is 0 Å². The average molecular weight is 235 g/mol. The van der Waals surface area contributed by atoms with Crippen molar-refractivity contribution in [3.8, 4) is 0 Å². The molecule has 0 fully saturated rings. The number of rotatable bonds is 0. The molecule has 0 spiro atoms. The van der Waals surface area contributed by atoms with Gasteiger partial charge in [-0.15, -0.1) is 0 Å². The molecular weight excluding hydrogens is 229 g/mol. The van der Waals surface area contributed by atoms with Gasteiger partial charge in [-0.05, 0) is 24.6 Å². The van der Waals surface area contributed by atoms with Crippen molar-refractivity contribution in [2.45, 2.75) is 13.1 Å². The van der Waals surface area contributed by atoms with E-state index in [1.54, 1.807) is 13.0 Å².